The number of fused-ring (bicyclic) bond motifs is 1. The largest absolute Gasteiger partial charge is 0.391 e. The molecule has 0 saturated heterocycles. The fraction of sp³-hybridized carbons (Fsp3) is 0.538. The molecule has 0 spiro atoms. The second-order valence-electron chi connectivity index (χ2n) is 5.07. The molecule has 0 amide bonds. The van der Waals surface area contributed by atoms with Crippen LogP contribution in [0.5, 0.6) is 0 Å². The predicted molar refractivity (Wildman–Crippen MR) is 75.9 cm³/mol. The molecule has 110 valence electrons. The van der Waals surface area contributed by atoms with Gasteiger partial charge < -0.3 is 11.1 Å². The molecule has 0 aliphatic heterocycles. The van der Waals surface area contributed by atoms with Gasteiger partial charge in [-0.05, 0) is 37.8 Å². The van der Waals surface area contributed by atoms with Gasteiger partial charge in [0.2, 0.25) is 0 Å². The number of hydrogen-bond acceptors (Lipinski definition) is 3. The van der Waals surface area contributed by atoms with Crippen molar-refractivity contribution in [3.8, 4) is 0 Å². The summed E-state index contributed by atoms with van der Waals surface area (Å²) in [6.07, 6.45) is -2.39. The van der Waals surface area contributed by atoms with Crippen molar-refractivity contribution in [1.82, 2.24) is 4.98 Å². The maximum atomic E-state index is 12.4. The van der Waals surface area contributed by atoms with Crippen LogP contribution in [-0.2, 0) is 12.8 Å². The zero-order valence-corrected chi connectivity index (χ0v) is 11.9. The first-order valence-electron chi connectivity index (χ1n) is 6.42. The lowest BCUT2D eigenvalue weighted by molar-refractivity contribution is -0.136. The third-order valence-corrected chi connectivity index (χ3v) is 3.46. The summed E-state index contributed by atoms with van der Waals surface area (Å²) in [6.45, 7) is 1.46. The molecule has 1 heterocycles. The van der Waals surface area contributed by atoms with E-state index in [0.29, 0.717) is 11.4 Å². The van der Waals surface area contributed by atoms with E-state index in [4.69, 9.17) is 18.0 Å². The van der Waals surface area contributed by atoms with Crippen molar-refractivity contribution >= 4 is 23.0 Å². The van der Waals surface area contributed by atoms with Crippen LogP contribution >= 0.6 is 12.2 Å². The molecule has 1 aromatic rings. The first kappa shape index (κ1) is 15.0. The van der Waals surface area contributed by atoms with Gasteiger partial charge in [0.15, 0.2) is 0 Å². The van der Waals surface area contributed by atoms with E-state index >= 15 is 0 Å². The zero-order valence-electron chi connectivity index (χ0n) is 11.0. The van der Waals surface area contributed by atoms with Crippen LogP contribution in [0, 0.1) is 0 Å². The van der Waals surface area contributed by atoms with Crippen molar-refractivity contribution in [2.45, 2.75) is 44.8 Å². The van der Waals surface area contributed by atoms with Crippen LogP contribution in [0.25, 0.3) is 0 Å². The number of nitrogens with zero attached hydrogens (tertiary/aromatic N) is 1. The minimum Gasteiger partial charge on any atom is -0.389 e. The Kier molecular flexibility index (Phi) is 4.17. The molecule has 0 radical (unpaired) electrons. The summed E-state index contributed by atoms with van der Waals surface area (Å²) in [5.41, 5.74) is 8.17. The second kappa shape index (κ2) is 5.55. The molecule has 0 aromatic carbocycles. The minimum absolute atomic E-state index is 0.147. The molecule has 1 aliphatic carbocycles. The average Bonchev–Trinajstić information content (AvgIpc) is 2.71. The van der Waals surface area contributed by atoms with E-state index in [-0.39, 0.29) is 4.99 Å². The van der Waals surface area contributed by atoms with Crippen molar-refractivity contribution in [2.75, 3.05) is 5.32 Å². The molecule has 20 heavy (non-hydrogen) atoms. The van der Waals surface area contributed by atoms with E-state index in [9.17, 15) is 13.2 Å². The van der Waals surface area contributed by atoms with Gasteiger partial charge in [-0.15, -0.1) is 0 Å². The lowest BCUT2D eigenvalue weighted by Crippen LogP contribution is -2.26. The summed E-state index contributed by atoms with van der Waals surface area (Å²) in [6, 6.07) is 1.07. The summed E-state index contributed by atoms with van der Waals surface area (Å²) in [5, 5.41) is 2.78. The summed E-state index contributed by atoms with van der Waals surface area (Å²) in [4.78, 5) is 4.55. The second-order valence-corrected chi connectivity index (χ2v) is 5.51. The highest BCUT2D eigenvalue weighted by Gasteiger charge is 2.30. The molecule has 0 saturated carbocycles. The molecule has 0 fully saturated rings. The van der Waals surface area contributed by atoms with Gasteiger partial charge in [0, 0.05) is 11.7 Å². The molecule has 1 atom stereocenters. The third-order valence-electron chi connectivity index (χ3n) is 3.24. The molecule has 1 aliphatic rings. The molecule has 1 aromatic heterocycles. The van der Waals surface area contributed by atoms with Crippen molar-refractivity contribution in [2.24, 2.45) is 5.73 Å². The monoisotopic (exact) mass is 303 g/mol. The summed E-state index contributed by atoms with van der Waals surface area (Å²) in [7, 11) is 0. The Bertz CT molecular complexity index is 528. The Balaban J connectivity index is 2.24. The third kappa shape index (κ3) is 3.59. The molecule has 7 heteroatoms. The van der Waals surface area contributed by atoms with Crippen LogP contribution in [0.2, 0.25) is 0 Å². The molecular weight excluding hydrogens is 287 g/mol. The van der Waals surface area contributed by atoms with Crippen LogP contribution < -0.4 is 11.1 Å². The molecule has 0 bridgehead atoms. The van der Waals surface area contributed by atoms with Gasteiger partial charge in [0.25, 0.3) is 0 Å². The minimum atomic E-state index is -4.22. The van der Waals surface area contributed by atoms with Gasteiger partial charge in [-0.1, -0.05) is 12.2 Å². The van der Waals surface area contributed by atoms with E-state index in [2.05, 4.69) is 10.3 Å². The smallest absolute Gasteiger partial charge is 0.389 e. The van der Waals surface area contributed by atoms with Gasteiger partial charge in [0.05, 0.1) is 12.0 Å². The first-order chi connectivity index (χ1) is 9.26. The average molecular weight is 303 g/mol. The van der Waals surface area contributed by atoms with Crippen LogP contribution in [0.1, 0.15) is 36.6 Å². The Morgan fingerprint density at radius 2 is 2.20 bits per heavy atom. The SMILES string of the molecule is CC(CC(F)(F)F)Nc1nc2c(cc1C(N)=S)CCC2. The number of aromatic nitrogens is 1. The first-order valence-corrected chi connectivity index (χ1v) is 6.83. The van der Waals surface area contributed by atoms with E-state index in [1.165, 1.54) is 6.92 Å². The van der Waals surface area contributed by atoms with Gasteiger partial charge in [-0.2, -0.15) is 13.2 Å². The van der Waals surface area contributed by atoms with E-state index in [1.54, 1.807) is 0 Å². The number of anilines is 1. The highest BCUT2D eigenvalue weighted by molar-refractivity contribution is 7.80. The highest BCUT2D eigenvalue weighted by atomic mass is 32.1. The number of alkyl halides is 3. The Morgan fingerprint density at radius 1 is 1.50 bits per heavy atom. The van der Waals surface area contributed by atoms with E-state index in [0.717, 1.165) is 30.5 Å². The number of halogens is 3. The molecule has 3 nitrogen and oxygen atoms in total. The summed E-state index contributed by atoms with van der Waals surface area (Å²) in [5.74, 6) is 0.356. The maximum Gasteiger partial charge on any atom is 0.391 e. The van der Waals surface area contributed by atoms with Crippen molar-refractivity contribution in [1.29, 1.82) is 0 Å². The molecule has 1 unspecified atom stereocenters. The van der Waals surface area contributed by atoms with Gasteiger partial charge in [-0.3, -0.25) is 0 Å². The van der Waals surface area contributed by atoms with Crippen molar-refractivity contribution < 1.29 is 13.2 Å². The number of thiocarbonyl (C=S) groups is 1. The Labute approximate surface area is 120 Å². The van der Waals surface area contributed by atoms with Crippen LogP contribution in [-0.4, -0.2) is 22.2 Å². The van der Waals surface area contributed by atoms with Crippen LogP contribution in [0.3, 0.4) is 0 Å². The molecular formula is C13H16F3N3S. The fourth-order valence-corrected chi connectivity index (χ4v) is 2.56. The van der Waals surface area contributed by atoms with Crippen molar-refractivity contribution in [3.63, 3.8) is 0 Å². The lowest BCUT2D eigenvalue weighted by atomic mass is 10.1. The quantitative estimate of drug-likeness (QED) is 0.840. The topological polar surface area (TPSA) is 50.9 Å². The Morgan fingerprint density at radius 3 is 2.80 bits per heavy atom. The van der Waals surface area contributed by atoms with Crippen LogP contribution in [0.15, 0.2) is 6.07 Å². The normalized spacial score (nSPS) is 15.8. The fourth-order valence-electron chi connectivity index (χ4n) is 2.40. The number of pyridine rings is 1. The summed E-state index contributed by atoms with van der Waals surface area (Å²) >= 11 is 4.96. The zero-order chi connectivity index (χ0) is 14.9. The Hall–Kier alpha value is -1.37. The predicted octanol–water partition coefficient (Wildman–Crippen LogP) is 2.96. The van der Waals surface area contributed by atoms with Gasteiger partial charge >= 0.3 is 6.18 Å². The maximum absolute atomic E-state index is 12.4. The molecule has 3 N–H and O–H groups in total. The van der Waals surface area contributed by atoms with Crippen LogP contribution in [0.4, 0.5) is 19.0 Å². The summed E-state index contributed by atoms with van der Waals surface area (Å²) < 4.78 is 37.1. The van der Waals surface area contributed by atoms with E-state index < -0.39 is 18.6 Å². The number of hydrogen-bond donors (Lipinski definition) is 2. The van der Waals surface area contributed by atoms with Gasteiger partial charge in [0.1, 0.15) is 10.8 Å². The van der Waals surface area contributed by atoms with Gasteiger partial charge in [-0.25, -0.2) is 4.98 Å². The standard InChI is InChI=1S/C13H16F3N3S/c1-7(6-13(14,15)16)18-12-9(11(17)20)5-8-3-2-4-10(8)19-12/h5,7H,2-4,6H2,1H3,(H2,17,20)(H,18,19). The van der Waals surface area contributed by atoms with E-state index in [1.807, 2.05) is 6.07 Å². The number of nitrogens with one attached hydrogen (secondary N) is 1. The lowest BCUT2D eigenvalue weighted by Gasteiger charge is -2.19. The van der Waals surface area contributed by atoms with Crippen molar-refractivity contribution in [3.05, 3.63) is 22.9 Å². The number of rotatable bonds is 4. The highest BCUT2D eigenvalue weighted by Crippen LogP contribution is 2.27. The molecule has 2 rings (SSSR count). The number of nitrogens with two attached hydrogens (primary N) is 1. The number of aryl methyl sites for hydroxylation is 2.